The lowest BCUT2D eigenvalue weighted by atomic mass is 9.97. The first-order chi connectivity index (χ1) is 16.1. The molecule has 2 aromatic rings. The normalized spacial score (nSPS) is 22.4. The molecule has 182 valence electrons. The van der Waals surface area contributed by atoms with Gasteiger partial charge in [0.05, 0.1) is 13.7 Å². The predicted octanol–water partition coefficient (Wildman–Crippen LogP) is 0.523. The molecule has 2 aliphatic rings. The molecular formula is C22H25F2N5O5. The molecule has 0 saturated carbocycles. The highest BCUT2D eigenvalue weighted by molar-refractivity contribution is 6.02. The van der Waals surface area contributed by atoms with Crippen LogP contribution in [-0.4, -0.2) is 71.7 Å². The second-order valence-corrected chi connectivity index (χ2v) is 8.59. The molecule has 10 nitrogen and oxygen atoms in total. The molecule has 2 fully saturated rings. The molecular weight excluding hydrogens is 452 g/mol. The number of H-pyrrole nitrogens is 1. The van der Waals surface area contributed by atoms with Crippen molar-refractivity contribution in [2.45, 2.75) is 37.3 Å². The molecule has 0 radical (unpaired) electrons. The molecule has 0 unspecified atom stereocenters. The highest BCUT2D eigenvalue weighted by atomic mass is 19.3. The summed E-state index contributed by atoms with van der Waals surface area (Å²) in [5.41, 5.74) is 5.97. The zero-order valence-electron chi connectivity index (χ0n) is 18.4. The monoisotopic (exact) mass is 477 g/mol. The first kappa shape index (κ1) is 23.5. The van der Waals surface area contributed by atoms with Crippen LogP contribution in [-0.2, 0) is 14.4 Å². The molecule has 0 spiro atoms. The van der Waals surface area contributed by atoms with E-state index in [1.807, 2.05) is 0 Å². The van der Waals surface area contributed by atoms with Gasteiger partial charge in [0.15, 0.2) is 0 Å². The third kappa shape index (κ3) is 4.52. The van der Waals surface area contributed by atoms with Crippen molar-refractivity contribution in [1.29, 1.82) is 0 Å². The number of hydrogen-bond acceptors (Lipinski definition) is 5. The lowest BCUT2D eigenvalue weighted by molar-refractivity contribution is -0.131. The van der Waals surface area contributed by atoms with Crippen LogP contribution in [0.25, 0.3) is 10.9 Å². The molecule has 3 atom stereocenters. The highest BCUT2D eigenvalue weighted by Gasteiger charge is 2.51. The third-order valence-electron chi connectivity index (χ3n) is 6.25. The molecule has 1 aromatic carbocycles. The minimum atomic E-state index is -3.30. The number of halogens is 2. The van der Waals surface area contributed by atoms with Gasteiger partial charge in [0.1, 0.15) is 23.5 Å². The number of methoxy groups -OCH3 is 1. The van der Waals surface area contributed by atoms with Gasteiger partial charge in [0.25, 0.3) is 11.8 Å². The lowest BCUT2D eigenvalue weighted by Crippen LogP contribution is -2.53. The Bertz CT molecular complexity index is 1150. The van der Waals surface area contributed by atoms with Crippen LogP contribution >= 0.6 is 0 Å². The van der Waals surface area contributed by atoms with Gasteiger partial charge in [-0.05, 0) is 31.0 Å². The largest absolute Gasteiger partial charge is 0.496 e. The topological polar surface area (TPSA) is 147 Å². The predicted molar refractivity (Wildman–Crippen MR) is 116 cm³/mol. The van der Waals surface area contributed by atoms with Gasteiger partial charge in [-0.1, -0.05) is 6.07 Å². The van der Waals surface area contributed by atoms with E-state index in [4.69, 9.17) is 10.5 Å². The number of primary amides is 1. The lowest BCUT2D eigenvalue weighted by Gasteiger charge is -2.25. The van der Waals surface area contributed by atoms with Gasteiger partial charge < -0.3 is 31.0 Å². The number of rotatable bonds is 7. The minimum absolute atomic E-state index is 0.0177. The van der Waals surface area contributed by atoms with E-state index in [0.29, 0.717) is 29.6 Å². The van der Waals surface area contributed by atoms with Gasteiger partial charge in [-0.25, -0.2) is 8.78 Å². The van der Waals surface area contributed by atoms with Crippen molar-refractivity contribution in [3.63, 3.8) is 0 Å². The molecule has 0 bridgehead atoms. The van der Waals surface area contributed by atoms with Gasteiger partial charge in [-0.2, -0.15) is 0 Å². The van der Waals surface area contributed by atoms with Crippen LogP contribution in [0.2, 0.25) is 0 Å². The molecule has 2 saturated heterocycles. The van der Waals surface area contributed by atoms with Gasteiger partial charge in [-0.3, -0.25) is 19.2 Å². The van der Waals surface area contributed by atoms with E-state index in [1.54, 1.807) is 18.2 Å². The quantitative estimate of drug-likeness (QED) is 0.459. The summed E-state index contributed by atoms with van der Waals surface area (Å²) in [6.07, 6.45) is -0.482. The van der Waals surface area contributed by atoms with E-state index in [-0.39, 0.29) is 18.0 Å². The molecule has 5 N–H and O–H groups in total. The number of alkyl halides is 2. The van der Waals surface area contributed by atoms with E-state index in [2.05, 4.69) is 15.6 Å². The van der Waals surface area contributed by atoms with Crippen molar-refractivity contribution in [3.8, 4) is 5.75 Å². The molecule has 4 amide bonds. The number of hydrogen-bond donors (Lipinski definition) is 4. The fraction of sp³-hybridized carbons (Fsp3) is 0.455. The van der Waals surface area contributed by atoms with E-state index >= 15 is 0 Å². The van der Waals surface area contributed by atoms with E-state index in [9.17, 15) is 28.0 Å². The number of carbonyl (C=O) groups excluding carboxylic acids is 4. The second-order valence-electron chi connectivity index (χ2n) is 8.59. The number of aromatic amines is 1. The maximum atomic E-state index is 14.3. The average Bonchev–Trinajstić information content (AvgIpc) is 3.48. The summed E-state index contributed by atoms with van der Waals surface area (Å²) in [5.74, 6) is -6.20. The summed E-state index contributed by atoms with van der Waals surface area (Å²) >= 11 is 0. The minimum Gasteiger partial charge on any atom is -0.496 e. The number of nitrogens with one attached hydrogen (secondary N) is 3. The standard InChI is InChI=1S/C22H25F2N5O5/c1-34-17-4-2-3-13-12(17)8-15(27-13)21(33)29-10-22(23,24)9-16(29)20(32)28-14(18(25)30)7-11-5-6-26-19(11)31/h2-4,8,11,14,16,27H,5-7,9-10H2,1H3,(H2,25,30)(H,26,31)(H,28,32)/t11-,14-,16-/m0/s1. The molecule has 2 aliphatic heterocycles. The number of amides is 4. The fourth-order valence-corrected chi connectivity index (χ4v) is 4.51. The van der Waals surface area contributed by atoms with Crippen molar-refractivity contribution >= 4 is 34.5 Å². The van der Waals surface area contributed by atoms with Crippen LogP contribution in [0.4, 0.5) is 8.78 Å². The Balaban J connectivity index is 1.55. The van der Waals surface area contributed by atoms with Crippen LogP contribution in [0.5, 0.6) is 5.75 Å². The average molecular weight is 477 g/mol. The Hall–Kier alpha value is -3.70. The SMILES string of the molecule is COc1cccc2[nH]c(C(=O)N3CC(F)(F)C[C@H]3C(=O)N[C@@H](C[C@@H]3CCNC3=O)C(N)=O)cc12. The Morgan fingerprint density at radius 1 is 1.35 bits per heavy atom. The van der Waals surface area contributed by atoms with E-state index in [0.717, 1.165) is 4.90 Å². The first-order valence-corrected chi connectivity index (χ1v) is 10.8. The third-order valence-corrected chi connectivity index (χ3v) is 6.25. The Labute approximate surface area is 193 Å². The molecule has 12 heteroatoms. The van der Waals surface area contributed by atoms with Crippen molar-refractivity contribution in [2.24, 2.45) is 11.7 Å². The summed E-state index contributed by atoms with van der Waals surface area (Å²) < 4.78 is 33.9. The molecule has 0 aliphatic carbocycles. The van der Waals surface area contributed by atoms with Crippen molar-refractivity contribution in [1.82, 2.24) is 20.5 Å². The van der Waals surface area contributed by atoms with Crippen LogP contribution in [0.3, 0.4) is 0 Å². The maximum Gasteiger partial charge on any atom is 0.271 e. The number of benzene rings is 1. The van der Waals surface area contributed by atoms with E-state index in [1.165, 1.54) is 13.2 Å². The second kappa shape index (κ2) is 8.92. The summed E-state index contributed by atoms with van der Waals surface area (Å²) in [6, 6.07) is 3.83. The number of ether oxygens (including phenoxy) is 1. The Morgan fingerprint density at radius 3 is 2.76 bits per heavy atom. The summed E-state index contributed by atoms with van der Waals surface area (Å²) in [6.45, 7) is -0.516. The van der Waals surface area contributed by atoms with Crippen LogP contribution in [0, 0.1) is 5.92 Å². The Morgan fingerprint density at radius 2 is 2.12 bits per heavy atom. The number of fused-ring (bicyclic) bond motifs is 1. The maximum absolute atomic E-state index is 14.3. The zero-order chi connectivity index (χ0) is 24.6. The molecule has 1 aromatic heterocycles. The van der Waals surface area contributed by atoms with Crippen molar-refractivity contribution in [2.75, 3.05) is 20.2 Å². The van der Waals surface area contributed by atoms with Crippen LogP contribution in [0.1, 0.15) is 29.8 Å². The van der Waals surface area contributed by atoms with Gasteiger partial charge in [0.2, 0.25) is 17.7 Å². The van der Waals surface area contributed by atoms with Crippen molar-refractivity contribution in [3.05, 3.63) is 30.0 Å². The number of aromatic nitrogens is 1. The summed E-state index contributed by atoms with van der Waals surface area (Å²) in [7, 11) is 1.47. The summed E-state index contributed by atoms with van der Waals surface area (Å²) in [5, 5.41) is 5.58. The summed E-state index contributed by atoms with van der Waals surface area (Å²) in [4.78, 5) is 53.5. The molecule has 3 heterocycles. The van der Waals surface area contributed by atoms with Crippen molar-refractivity contribution < 1.29 is 32.7 Å². The van der Waals surface area contributed by atoms with Gasteiger partial charge in [0, 0.05) is 29.8 Å². The highest BCUT2D eigenvalue weighted by Crippen LogP contribution is 2.34. The van der Waals surface area contributed by atoms with Crippen LogP contribution in [0.15, 0.2) is 24.3 Å². The van der Waals surface area contributed by atoms with Gasteiger partial charge in [-0.15, -0.1) is 0 Å². The number of nitrogens with two attached hydrogens (primary N) is 1. The number of likely N-dealkylation sites (tertiary alicyclic amines) is 1. The smallest absolute Gasteiger partial charge is 0.271 e. The Kier molecular flexibility index (Phi) is 6.15. The van der Waals surface area contributed by atoms with E-state index < -0.39 is 54.6 Å². The zero-order valence-corrected chi connectivity index (χ0v) is 18.4. The van der Waals surface area contributed by atoms with Gasteiger partial charge >= 0.3 is 0 Å². The molecule has 4 rings (SSSR count). The fourth-order valence-electron chi connectivity index (χ4n) is 4.51. The molecule has 34 heavy (non-hydrogen) atoms. The number of carbonyl (C=O) groups is 4. The first-order valence-electron chi connectivity index (χ1n) is 10.8. The number of nitrogens with zero attached hydrogens (tertiary/aromatic N) is 1. The van der Waals surface area contributed by atoms with Crippen LogP contribution < -0.4 is 21.1 Å².